The summed E-state index contributed by atoms with van der Waals surface area (Å²) >= 11 is 0. The molecule has 14 N–H and O–H groups in total. The van der Waals surface area contributed by atoms with E-state index in [1.54, 1.807) is 0 Å². The summed E-state index contributed by atoms with van der Waals surface area (Å²) in [6.07, 6.45) is -28.0. The quantitative estimate of drug-likeness (QED) is 0.0574. The van der Waals surface area contributed by atoms with Crippen molar-refractivity contribution in [1.82, 2.24) is 0 Å². The van der Waals surface area contributed by atoms with Gasteiger partial charge < -0.3 is 109 Å². The SMILES string of the molecule is CC1(C)CCC2(C(=O)OC3OC(CO)C(O)C(O)C3O)CC[C@]3(C)C(=CCC4C5(C)CC[C@H](OC6OC(C(=O)O)C(O)C(OC7OC(CO)C(O)C(O)C7O)C6OC6OC(CO)C(O)C(O)C6O)C(C)(C)C5CCC43C)C2C1. The lowest BCUT2D eigenvalue weighted by Gasteiger charge is -2.71. The number of hydrogen-bond acceptors (Lipinski definition) is 23. The molecule has 0 aromatic rings. The summed E-state index contributed by atoms with van der Waals surface area (Å²) in [6, 6.07) is 0. The largest absolute Gasteiger partial charge is 0.479 e. The fraction of sp³-hybridized carbons (Fsp3) is 0.926. The molecule has 9 rings (SSSR count). The average Bonchev–Trinajstić information content (AvgIpc) is 3.56. The van der Waals surface area contributed by atoms with Crippen molar-refractivity contribution in [3.8, 4) is 0 Å². The van der Waals surface area contributed by atoms with Gasteiger partial charge >= 0.3 is 11.9 Å². The van der Waals surface area contributed by atoms with Crippen molar-refractivity contribution in [2.45, 2.75) is 242 Å². The normalized spacial score (nSPS) is 52.8. The van der Waals surface area contributed by atoms with Crippen LogP contribution in [0.3, 0.4) is 0 Å². The van der Waals surface area contributed by atoms with E-state index in [2.05, 4.69) is 54.5 Å². The summed E-state index contributed by atoms with van der Waals surface area (Å²) < 4.78 is 48.2. The molecule has 4 saturated heterocycles. The number of aliphatic hydroxyl groups excluding tert-OH is 13. The molecule has 24 nitrogen and oxygen atoms in total. The van der Waals surface area contributed by atoms with Crippen LogP contribution in [0.1, 0.15) is 113 Å². The number of carbonyl (C=O) groups excluding carboxylic acids is 1. The van der Waals surface area contributed by atoms with Gasteiger partial charge in [0.25, 0.3) is 0 Å². The number of allylic oxidation sites excluding steroid dienone is 2. The summed E-state index contributed by atoms with van der Waals surface area (Å²) in [6.45, 7) is 13.2. The first-order chi connectivity index (χ1) is 36.5. The van der Waals surface area contributed by atoms with E-state index in [0.717, 1.165) is 19.3 Å². The number of carboxylic acid groups (broad SMARTS) is 1. The fourth-order valence-electron chi connectivity index (χ4n) is 16.5. The van der Waals surface area contributed by atoms with Gasteiger partial charge in [0.1, 0.15) is 91.6 Å². The highest BCUT2D eigenvalue weighted by Crippen LogP contribution is 2.76. The highest BCUT2D eigenvalue weighted by molar-refractivity contribution is 5.79. The van der Waals surface area contributed by atoms with Crippen LogP contribution in [0, 0.1) is 50.2 Å². The highest BCUT2D eigenvalue weighted by Gasteiger charge is 2.70. The van der Waals surface area contributed by atoms with Gasteiger partial charge in [0.2, 0.25) is 6.29 Å². The zero-order valence-corrected chi connectivity index (χ0v) is 45.5. The number of carboxylic acids is 1. The molecule has 78 heavy (non-hydrogen) atoms. The third kappa shape index (κ3) is 9.72. The van der Waals surface area contributed by atoms with Crippen molar-refractivity contribution in [3.63, 3.8) is 0 Å². The molecule has 24 heteroatoms. The van der Waals surface area contributed by atoms with E-state index >= 15 is 0 Å². The molecule has 0 amide bonds. The van der Waals surface area contributed by atoms with Crippen LogP contribution in [0.4, 0.5) is 0 Å². The molecule has 8 fully saturated rings. The fourth-order valence-corrected chi connectivity index (χ4v) is 16.5. The molecule has 446 valence electrons. The highest BCUT2D eigenvalue weighted by atomic mass is 16.8. The summed E-state index contributed by atoms with van der Waals surface area (Å²) in [4.78, 5) is 27.7. The monoisotopic (exact) mass is 1120 g/mol. The smallest absolute Gasteiger partial charge is 0.335 e. The number of carbonyl (C=O) groups is 2. The predicted octanol–water partition coefficient (Wildman–Crippen LogP) is -1.94. The minimum absolute atomic E-state index is 0.0272. The van der Waals surface area contributed by atoms with Gasteiger partial charge in [0, 0.05) is 0 Å². The maximum Gasteiger partial charge on any atom is 0.335 e. The molecule has 0 aromatic heterocycles. The van der Waals surface area contributed by atoms with Gasteiger partial charge in [-0.25, -0.2) is 4.79 Å². The topological polar surface area (TPSA) is 391 Å². The number of fused-ring (bicyclic) bond motifs is 7. The summed E-state index contributed by atoms with van der Waals surface area (Å²) in [5.41, 5.74) is -1.57. The second kappa shape index (κ2) is 21.8. The van der Waals surface area contributed by atoms with Gasteiger partial charge in [0.05, 0.1) is 31.3 Å². The van der Waals surface area contributed by atoms with E-state index in [0.29, 0.717) is 44.9 Å². The van der Waals surface area contributed by atoms with Crippen LogP contribution in [0.2, 0.25) is 0 Å². The van der Waals surface area contributed by atoms with Crippen molar-refractivity contribution in [2.75, 3.05) is 19.8 Å². The second-order valence-electron chi connectivity index (χ2n) is 26.3. The predicted molar refractivity (Wildman–Crippen MR) is 263 cm³/mol. The van der Waals surface area contributed by atoms with Crippen molar-refractivity contribution in [2.24, 2.45) is 50.2 Å². The number of rotatable bonds is 12. The molecule has 4 saturated carbocycles. The van der Waals surface area contributed by atoms with Gasteiger partial charge in [-0.05, 0) is 109 Å². The molecule has 0 bridgehead atoms. The summed E-state index contributed by atoms with van der Waals surface area (Å²) in [5.74, 6) is -2.33. The Morgan fingerprint density at radius 3 is 1.60 bits per heavy atom. The van der Waals surface area contributed by atoms with E-state index < -0.39 is 172 Å². The second-order valence-corrected chi connectivity index (χ2v) is 26.3. The van der Waals surface area contributed by atoms with Crippen molar-refractivity contribution >= 4 is 11.9 Å². The first-order valence-electron chi connectivity index (χ1n) is 27.8. The lowest BCUT2D eigenvalue weighted by molar-refractivity contribution is -0.396. The lowest BCUT2D eigenvalue weighted by Crippen LogP contribution is -2.68. The van der Waals surface area contributed by atoms with E-state index in [4.69, 9.17) is 37.9 Å². The number of ether oxygens (including phenoxy) is 8. The molecule has 0 spiro atoms. The Bertz CT molecular complexity index is 2190. The zero-order chi connectivity index (χ0) is 57.1. The number of esters is 1. The summed E-state index contributed by atoms with van der Waals surface area (Å²) in [5, 5.41) is 149. The Balaban J connectivity index is 1.00. The van der Waals surface area contributed by atoms with Gasteiger partial charge in [-0.2, -0.15) is 0 Å². The van der Waals surface area contributed by atoms with Gasteiger partial charge in [-0.1, -0.05) is 60.1 Å². The zero-order valence-electron chi connectivity index (χ0n) is 45.5. The Labute approximate surface area is 453 Å². The van der Waals surface area contributed by atoms with E-state index in [1.165, 1.54) is 5.57 Å². The third-order valence-electron chi connectivity index (χ3n) is 21.4. The molecular weight excluding hydrogens is 1030 g/mol. The Morgan fingerprint density at radius 1 is 0.551 bits per heavy atom. The van der Waals surface area contributed by atoms with E-state index in [9.17, 15) is 81.1 Å². The molecule has 0 radical (unpaired) electrons. The minimum Gasteiger partial charge on any atom is -0.479 e. The molecular formula is C54H86O24. The maximum absolute atomic E-state index is 14.8. The van der Waals surface area contributed by atoms with Crippen LogP contribution in [0.5, 0.6) is 0 Å². The van der Waals surface area contributed by atoms with Crippen molar-refractivity contribution in [1.29, 1.82) is 0 Å². The molecule has 4 heterocycles. The van der Waals surface area contributed by atoms with E-state index in [1.807, 2.05) is 0 Å². The van der Waals surface area contributed by atoms with Gasteiger partial charge in [-0.3, -0.25) is 4.79 Å². The van der Waals surface area contributed by atoms with Crippen LogP contribution < -0.4 is 0 Å². The molecule has 5 aliphatic carbocycles. The number of hydrogen-bond donors (Lipinski definition) is 14. The third-order valence-corrected chi connectivity index (χ3v) is 21.4. The molecule has 0 aromatic carbocycles. The number of aliphatic carboxylic acids is 1. The number of aliphatic hydroxyl groups is 13. The summed E-state index contributed by atoms with van der Waals surface area (Å²) in [7, 11) is 0. The van der Waals surface area contributed by atoms with Gasteiger partial charge in [0.15, 0.2) is 25.0 Å². The average molecular weight is 1120 g/mol. The minimum atomic E-state index is -2.16. The van der Waals surface area contributed by atoms with Crippen LogP contribution in [-0.4, -0.2) is 232 Å². The first-order valence-corrected chi connectivity index (χ1v) is 27.8. The van der Waals surface area contributed by atoms with Crippen LogP contribution in [0.15, 0.2) is 11.6 Å². The van der Waals surface area contributed by atoms with Crippen molar-refractivity contribution in [3.05, 3.63) is 11.6 Å². The first kappa shape index (κ1) is 60.5. The van der Waals surface area contributed by atoms with E-state index in [-0.39, 0.29) is 39.4 Å². The van der Waals surface area contributed by atoms with Crippen LogP contribution >= 0.6 is 0 Å². The Kier molecular flexibility index (Phi) is 16.9. The molecule has 28 atom stereocenters. The van der Waals surface area contributed by atoms with Crippen LogP contribution in [-0.2, 0) is 47.5 Å². The molecule has 26 unspecified atom stereocenters. The van der Waals surface area contributed by atoms with Crippen LogP contribution in [0.25, 0.3) is 0 Å². The lowest BCUT2D eigenvalue weighted by atomic mass is 9.33. The van der Waals surface area contributed by atoms with Gasteiger partial charge in [-0.15, -0.1) is 0 Å². The standard InChI is InChI=1S/C54H86O24/c1-49(2)14-16-54(48(70)78-46-38(66)35(63)32(60)26(21-57)73-46)17-15-52(6)22(23(54)18-49)8-9-28-51(5)12-11-29(50(3,4)27(51)10-13-53(28,52)7)74-47-42(77-45-37(65)34(62)31(59)25(20-56)72-45)40(39(67)41(76-47)43(68)69)75-44-36(64)33(61)30(58)24(19-55)71-44/h8,23-42,44-47,55-67H,9-21H2,1-7H3,(H,68,69)/t23?,24?,25?,26?,27?,28?,29-,30?,31?,32?,33?,34?,35?,36?,37?,38?,39?,40?,41?,42?,44?,45?,46?,47?,51?,52+,53?,54?/m0/s1. The maximum atomic E-state index is 14.8. The Morgan fingerprint density at radius 2 is 1.06 bits per heavy atom. The van der Waals surface area contributed by atoms with Crippen molar-refractivity contribution < 1.29 is 119 Å². The molecule has 9 aliphatic rings. The molecule has 4 aliphatic heterocycles. The Hall–Kier alpha value is -2.12.